The summed E-state index contributed by atoms with van der Waals surface area (Å²) in [5.41, 5.74) is 6.91. The highest BCUT2D eigenvalue weighted by Crippen LogP contribution is 2.43. The summed E-state index contributed by atoms with van der Waals surface area (Å²) in [6.45, 7) is 2.98. The molecule has 5 aromatic rings. The number of amides is 2. The summed E-state index contributed by atoms with van der Waals surface area (Å²) in [7, 11) is 1.82. The number of aliphatic hydroxyl groups is 1. The van der Waals surface area contributed by atoms with Crippen molar-refractivity contribution in [2.24, 2.45) is 13.0 Å². The number of carbonyl (C=O) groups is 1. The third-order valence-corrected chi connectivity index (χ3v) is 9.43. The summed E-state index contributed by atoms with van der Waals surface area (Å²) in [6.07, 6.45) is -0.946. The summed E-state index contributed by atoms with van der Waals surface area (Å²) in [4.78, 5) is 12.5. The Morgan fingerprint density at radius 2 is 1.55 bits per heavy atom. The molecule has 0 aliphatic carbocycles. The molecule has 0 bridgehead atoms. The molecule has 47 heavy (non-hydrogen) atoms. The lowest BCUT2D eigenvalue weighted by Gasteiger charge is -2.41. The standard InChI is InChI=1S/C36H38N6O4S/c1-24-32(23-47-36-39-40-41-42(36)2)45-34(46-33(24)28-14-12-26(22-43)13-15-28)29-18-16-27(17-19-29)31-11-7-6-10-30(31)21-38-35(44)37-20-25-8-4-3-5-9-25/h3-19,24,32-34,43H,20-23H2,1-2H3,(H2,37,38,44). The van der Waals surface area contributed by atoms with Crippen LogP contribution in [0.3, 0.4) is 0 Å². The summed E-state index contributed by atoms with van der Waals surface area (Å²) in [5.74, 6) is 0.696. The van der Waals surface area contributed by atoms with E-state index in [-0.39, 0.29) is 30.8 Å². The highest BCUT2D eigenvalue weighted by Gasteiger charge is 2.38. The Balaban J connectivity index is 1.16. The Morgan fingerprint density at radius 1 is 0.851 bits per heavy atom. The molecule has 4 atom stereocenters. The van der Waals surface area contributed by atoms with Gasteiger partial charge in [0, 0.05) is 37.4 Å². The molecule has 3 N–H and O–H groups in total. The molecule has 4 aromatic carbocycles. The molecule has 2 heterocycles. The van der Waals surface area contributed by atoms with Gasteiger partial charge in [0.2, 0.25) is 5.16 Å². The predicted octanol–water partition coefficient (Wildman–Crippen LogP) is 5.95. The number of aryl methyl sites for hydroxylation is 1. The van der Waals surface area contributed by atoms with Crippen molar-refractivity contribution in [1.29, 1.82) is 0 Å². The zero-order chi connectivity index (χ0) is 32.6. The molecule has 1 saturated heterocycles. The molecule has 1 aliphatic heterocycles. The number of aromatic nitrogens is 4. The first-order chi connectivity index (χ1) is 23.0. The number of nitrogens with one attached hydrogen (secondary N) is 2. The molecule has 0 saturated carbocycles. The second-order valence-electron chi connectivity index (χ2n) is 11.5. The average molecular weight is 651 g/mol. The average Bonchev–Trinajstić information content (AvgIpc) is 3.54. The molecular weight excluding hydrogens is 613 g/mol. The molecule has 6 rings (SSSR count). The normalized spacial score (nSPS) is 19.3. The lowest BCUT2D eigenvalue weighted by Crippen LogP contribution is -2.38. The van der Waals surface area contributed by atoms with Gasteiger partial charge >= 0.3 is 6.03 Å². The Morgan fingerprint density at radius 3 is 2.28 bits per heavy atom. The maximum Gasteiger partial charge on any atom is 0.315 e. The lowest BCUT2D eigenvalue weighted by atomic mass is 9.91. The van der Waals surface area contributed by atoms with Gasteiger partial charge in [-0.25, -0.2) is 9.48 Å². The minimum Gasteiger partial charge on any atom is -0.392 e. The number of urea groups is 1. The van der Waals surface area contributed by atoms with Crippen molar-refractivity contribution in [3.8, 4) is 11.1 Å². The van der Waals surface area contributed by atoms with E-state index in [4.69, 9.17) is 9.47 Å². The number of ether oxygens (including phenoxy) is 2. The van der Waals surface area contributed by atoms with Crippen LogP contribution in [0.5, 0.6) is 0 Å². The van der Waals surface area contributed by atoms with Crippen molar-refractivity contribution in [3.05, 3.63) is 131 Å². The number of rotatable bonds is 11. The van der Waals surface area contributed by atoms with E-state index in [0.29, 0.717) is 18.8 Å². The first-order valence-electron chi connectivity index (χ1n) is 15.6. The van der Waals surface area contributed by atoms with Gasteiger partial charge < -0.3 is 25.2 Å². The van der Waals surface area contributed by atoms with Gasteiger partial charge in [0.15, 0.2) is 6.29 Å². The molecule has 1 aliphatic rings. The van der Waals surface area contributed by atoms with Crippen molar-refractivity contribution in [2.45, 2.75) is 50.3 Å². The van der Waals surface area contributed by atoms with Crippen LogP contribution in [-0.2, 0) is 36.2 Å². The highest BCUT2D eigenvalue weighted by atomic mass is 32.2. The summed E-state index contributed by atoms with van der Waals surface area (Å²) in [5, 5.41) is 28.0. The Labute approximate surface area is 278 Å². The minimum atomic E-state index is -0.587. The van der Waals surface area contributed by atoms with Gasteiger partial charge in [-0.1, -0.05) is 122 Å². The fraction of sp³-hybridized carbons (Fsp3) is 0.278. The molecule has 1 aromatic heterocycles. The van der Waals surface area contributed by atoms with Crippen LogP contribution in [0, 0.1) is 5.92 Å². The second kappa shape index (κ2) is 15.4. The summed E-state index contributed by atoms with van der Waals surface area (Å²) >= 11 is 1.55. The molecule has 4 unspecified atom stereocenters. The highest BCUT2D eigenvalue weighted by molar-refractivity contribution is 7.99. The smallest absolute Gasteiger partial charge is 0.315 e. The molecule has 0 spiro atoms. The van der Waals surface area contributed by atoms with Crippen molar-refractivity contribution >= 4 is 17.8 Å². The maximum atomic E-state index is 12.5. The van der Waals surface area contributed by atoms with E-state index in [1.165, 1.54) is 0 Å². The van der Waals surface area contributed by atoms with E-state index in [9.17, 15) is 9.90 Å². The fourth-order valence-corrected chi connectivity index (χ4v) is 6.62. The van der Waals surface area contributed by atoms with E-state index < -0.39 is 6.29 Å². The Kier molecular flexibility index (Phi) is 10.6. The number of thioether (sulfide) groups is 1. The molecule has 0 radical (unpaired) electrons. The van der Waals surface area contributed by atoms with Crippen LogP contribution < -0.4 is 10.6 Å². The molecule has 11 heteroatoms. The van der Waals surface area contributed by atoms with Crippen molar-refractivity contribution in [3.63, 3.8) is 0 Å². The van der Waals surface area contributed by atoms with Gasteiger partial charge in [0.25, 0.3) is 0 Å². The van der Waals surface area contributed by atoms with E-state index >= 15 is 0 Å². The molecule has 1 fully saturated rings. The number of nitrogens with zero attached hydrogens (tertiary/aromatic N) is 4. The van der Waals surface area contributed by atoms with Crippen molar-refractivity contribution in [1.82, 2.24) is 30.8 Å². The number of aliphatic hydroxyl groups excluding tert-OH is 1. The van der Waals surface area contributed by atoms with Crippen LogP contribution in [0.1, 0.15) is 47.1 Å². The quantitative estimate of drug-likeness (QED) is 0.150. The number of benzene rings is 4. The van der Waals surface area contributed by atoms with E-state index in [1.54, 1.807) is 16.4 Å². The minimum absolute atomic E-state index is 0.00884. The molecule has 2 amide bonds. The third-order valence-electron chi connectivity index (χ3n) is 8.33. The molecular formula is C36H38N6O4S. The maximum absolute atomic E-state index is 12.5. The van der Waals surface area contributed by atoms with Crippen molar-refractivity contribution < 1.29 is 19.4 Å². The molecule has 10 nitrogen and oxygen atoms in total. The number of hydrogen-bond donors (Lipinski definition) is 3. The molecule has 242 valence electrons. The van der Waals surface area contributed by atoms with E-state index in [1.807, 2.05) is 92.0 Å². The SMILES string of the molecule is CC1C(CSc2nnnn2C)OC(c2ccc(-c3ccccc3CNC(=O)NCc3ccccc3)cc2)OC1c1ccc(CO)cc1. The topological polar surface area (TPSA) is 123 Å². The number of tetrazole rings is 1. The Hall–Kier alpha value is -4.55. The van der Waals surface area contributed by atoms with Gasteiger partial charge in [-0.05, 0) is 43.8 Å². The van der Waals surface area contributed by atoms with Crippen LogP contribution >= 0.6 is 11.8 Å². The lowest BCUT2D eigenvalue weighted by molar-refractivity contribution is -0.268. The van der Waals surface area contributed by atoms with Gasteiger partial charge in [-0.2, -0.15) is 0 Å². The van der Waals surface area contributed by atoms with Crippen LogP contribution in [-0.4, -0.2) is 43.2 Å². The first-order valence-corrected chi connectivity index (χ1v) is 16.6. The van der Waals surface area contributed by atoms with Crippen LogP contribution in [0.4, 0.5) is 4.79 Å². The van der Waals surface area contributed by atoms with Gasteiger partial charge in [-0.3, -0.25) is 0 Å². The van der Waals surface area contributed by atoms with Crippen molar-refractivity contribution in [2.75, 3.05) is 5.75 Å². The van der Waals surface area contributed by atoms with E-state index in [2.05, 4.69) is 51.3 Å². The van der Waals surface area contributed by atoms with E-state index in [0.717, 1.165) is 44.1 Å². The number of hydrogen-bond acceptors (Lipinski definition) is 8. The fourth-order valence-electron chi connectivity index (χ4n) is 5.60. The first kappa shape index (κ1) is 32.4. The largest absolute Gasteiger partial charge is 0.392 e. The van der Waals surface area contributed by atoms with Crippen LogP contribution in [0.25, 0.3) is 11.1 Å². The second-order valence-corrected chi connectivity index (χ2v) is 12.5. The van der Waals surface area contributed by atoms with Crippen LogP contribution in [0.2, 0.25) is 0 Å². The van der Waals surface area contributed by atoms with Gasteiger partial charge in [-0.15, -0.1) is 5.10 Å². The summed E-state index contributed by atoms with van der Waals surface area (Å²) in [6, 6.07) is 33.8. The predicted molar refractivity (Wildman–Crippen MR) is 180 cm³/mol. The van der Waals surface area contributed by atoms with Crippen LogP contribution in [0.15, 0.2) is 108 Å². The number of carbonyl (C=O) groups excluding carboxylic acids is 1. The Bertz CT molecular complexity index is 1750. The zero-order valence-corrected chi connectivity index (χ0v) is 27.1. The third kappa shape index (κ3) is 8.06. The zero-order valence-electron chi connectivity index (χ0n) is 26.3. The van der Waals surface area contributed by atoms with Gasteiger partial charge in [0.1, 0.15) is 0 Å². The monoisotopic (exact) mass is 650 g/mol. The summed E-state index contributed by atoms with van der Waals surface area (Å²) < 4.78 is 14.9. The van der Waals surface area contributed by atoms with Gasteiger partial charge in [0.05, 0.1) is 18.8 Å².